The number of hydrogen-bond acceptors (Lipinski definition) is 3. The van der Waals surface area contributed by atoms with Crippen LogP contribution in [0.5, 0.6) is 0 Å². The molecule has 0 bridgehead atoms. The Morgan fingerprint density at radius 1 is 1.04 bits per heavy atom. The second-order valence-electron chi connectivity index (χ2n) is 7.54. The number of anilines is 1. The van der Waals surface area contributed by atoms with Crippen molar-refractivity contribution in [2.45, 2.75) is 31.7 Å². The molecule has 1 heterocycles. The number of rotatable bonds is 2. The van der Waals surface area contributed by atoms with E-state index in [0.717, 1.165) is 31.5 Å². The molecule has 2 aromatic carbocycles. The molecule has 4 nitrogen and oxygen atoms in total. The molecular weight excluding hydrogens is 310 g/mol. The zero-order chi connectivity index (χ0) is 16.8. The van der Waals surface area contributed by atoms with Gasteiger partial charge in [-0.3, -0.25) is 15.6 Å². The van der Waals surface area contributed by atoms with E-state index in [1.807, 2.05) is 6.07 Å². The van der Waals surface area contributed by atoms with E-state index in [-0.39, 0.29) is 17.9 Å². The highest BCUT2D eigenvalue weighted by Gasteiger charge is 2.40. The molecule has 1 saturated heterocycles. The summed E-state index contributed by atoms with van der Waals surface area (Å²) in [5.74, 6) is 0.780. The van der Waals surface area contributed by atoms with Crippen LogP contribution >= 0.6 is 0 Å². The lowest BCUT2D eigenvalue weighted by Crippen LogP contribution is -2.45. The van der Waals surface area contributed by atoms with Crippen molar-refractivity contribution >= 4 is 11.6 Å². The molecule has 4 heteroatoms. The number of fused-ring (bicyclic) bond motifs is 4. The van der Waals surface area contributed by atoms with Crippen LogP contribution in [-0.2, 0) is 11.2 Å². The molecule has 0 spiro atoms. The van der Waals surface area contributed by atoms with Crippen LogP contribution in [0, 0.1) is 11.8 Å². The van der Waals surface area contributed by atoms with Gasteiger partial charge in [-0.2, -0.15) is 0 Å². The first-order valence-electron chi connectivity index (χ1n) is 9.30. The first-order valence-corrected chi connectivity index (χ1v) is 9.30. The lowest BCUT2D eigenvalue weighted by molar-refractivity contribution is -0.121. The maximum absolute atomic E-state index is 12.9. The Morgan fingerprint density at radius 2 is 1.92 bits per heavy atom. The maximum atomic E-state index is 12.9. The fraction of sp³-hybridized carbons (Fsp3) is 0.381. The summed E-state index contributed by atoms with van der Waals surface area (Å²) >= 11 is 0. The highest BCUT2D eigenvalue weighted by atomic mass is 16.2. The molecule has 3 unspecified atom stereocenters. The van der Waals surface area contributed by atoms with Gasteiger partial charge in [0.25, 0.3) is 0 Å². The van der Waals surface area contributed by atoms with Gasteiger partial charge in [0.15, 0.2) is 0 Å². The molecule has 2 fully saturated rings. The molecule has 5 rings (SSSR count). The zero-order valence-corrected chi connectivity index (χ0v) is 14.2. The molecular formula is C21H23N3O. The second kappa shape index (κ2) is 5.97. The summed E-state index contributed by atoms with van der Waals surface area (Å²) in [6, 6.07) is 15.1. The molecule has 2 aliphatic carbocycles. The smallest absolute Gasteiger partial charge is 0.229 e. The molecule has 3 aliphatic rings. The van der Waals surface area contributed by atoms with E-state index in [1.54, 1.807) is 0 Å². The first kappa shape index (κ1) is 15.1. The summed E-state index contributed by atoms with van der Waals surface area (Å²) in [6.45, 7) is 0.976. The number of hydrogen-bond donors (Lipinski definition) is 3. The third-order valence-electron chi connectivity index (χ3n) is 6.07. The van der Waals surface area contributed by atoms with Crippen LogP contribution in [0.4, 0.5) is 5.69 Å². The van der Waals surface area contributed by atoms with Crippen molar-refractivity contribution in [3.63, 3.8) is 0 Å². The van der Waals surface area contributed by atoms with Crippen LogP contribution in [0.15, 0.2) is 42.5 Å². The molecule has 25 heavy (non-hydrogen) atoms. The van der Waals surface area contributed by atoms with Crippen molar-refractivity contribution in [1.29, 1.82) is 0 Å². The van der Waals surface area contributed by atoms with Gasteiger partial charge in [0.05, 0.1) is 5.92 Å². The van der Waals surface area contributed by atoms with E-state index in [1.165, 1.54) is 28.7 Å². The van der Waals surface area contributed by atoms with E-state index >= 15 is 0 Å². The minimum atomic E-state index is 0.0503. The second-order valence-corrected chi connectivity index (χ2v) is 7.54. The van der Waals surface area contributed by atoms with Gasteiger partial charge >= 0.3 is 0 Å². The molecule has 1 saturated carbocycles. The Balaban J connectivity index is 1.38. The Hall–Kier alpha value is -2.17. The third-order valence-corrected chi connectivity index (χ3v) is 6.07. The molecule has 0 radical (unpaired) electrons. The van der Waals surface area contributed by atoms with Gasteiger partial charge < -0.3 is 5.32 Å². The monoisotopic (exact) mass is 333 g/mol. The van der Waals surface area contributed by atoms with Crippen molar-refractivity contribution in [3.8, 4) is 11.1 Å². The van der Waals surface area contributed by atoms with Crippen LogP contribution in [0.3, 0.4) is 0 Å². The average Bonchev–Trinajstić information content (AvgIpc) is 3.25. The standard InChI is InChI=1S/C21H23N3O/c25-21(18-7-3-5-15-12-22-24-20(15)18)23-16-9-8-14-10-13-4-1-2-6-17(13)19(14)11-16/h1-2,4,6,8-9,11,15,18,20,22,24H,3,5,7,10,12H2,(H,23,25). The Kier molecular flexibility index (Phi) is 3.61. The van der Waals surface area contributed by atoms with Crippen molar-refractivity contribution < 1.29 is 4.79 Å². The van der Waals surface area contributed by atoms with Crippen molar-refractivity contribution in [2.75, 3.05) is 11.9 Å². The van der Waals surface area contributed by atoms with Gasteiger partial charge in [-0.1, -0.05) is 36.8 Å². The Bertz CT molecular complexity index is 832. The van der Waals surface area contributed by atoms with Gasteiger partial charge in [0.1, 0.15) is 0 Å². The molecule has 1 aliphatic heterocycles. The number of carbonyl (C=O) groups is 1. The molecule has 3 atom stereocenters. The van der Waals surface area contributed by atoms with Crippen LogP contribution in [0.25, 0.3) is 11.1 Å². The third kappa shape index (κ3) is 2.57. The van der Waals surface area contributed by atoms with Crippen LogP contribution in [0.1, 0.15) is 30.4 Å². The number of benzene rings is 2. The van der Waals surface area contributed by atoms with Gasteiger partial charge in [0.2, 0.25) is 5.91 Å². The van der Waals surface area contributed by atoms with Crippen molar-refractivity contribution in [3.05, 3.63) is 53.6 Å². The molecule has 2 aromatic rings. The summed E-state index contributed by atoms with van der Waals surface area (Å²) in [5, 5.41) is 3.18. The highest BCUT2D eigenvalue weighted by Crippen LogP contribution is 2.38. The van der Waals surface area contributed by atoms with E-state index in [9.17, 15) is 4.79 Å². The summed E-state index contributed by atoms with van der Waals surface area (Å²) in [7, 11) is 0. The summed E-state index contributed by atoms with van der Waals surface area (Å²) in [6.07, 6.45) is 4.31. The number of hydrazine groups is 1. The van der Waals surface area contributed by atoms with Gasteiger partial charge in [-0.05, 0) is 59.6 Å². The van der Waals surface area contributed by atoms with Gasteiger partial charge in [-0.15, -0.1) is 0 Å². The molecule has 0 aromatic heterocycles. The van der Waals surface area contributed by atoms with E-state index in [4.69, 9.17) is 0 Å². The number of amides is 1. The lowest BCUT2D eigenvalue weighted by Gasteiger charge is -2.31. The van der Waals surface area contributed by atoms with Crippen LogP contribution in [-0.4, -0.2) is 18.5 Å². The topological polar surface area (TPSA) is 53.2 Å². The van der Waals surface area contributed by atoms with Crippen molar-refractivity contribution in [1.82, 2.24) is 10.9 Å². The Morgan fingerprint density at radius 3 is 2.88 bits per heavy atom. The summed E-state index contributed by atoms with van der Waals surface area (Å²) in [4.78, 5) is 12.9. The fourth-order valence-electron chi connectivity index (χ4n) is 4.77. The van der Waals surface area contributed by atoms with Crippen LogP contribution in [0.2, 0.25) is 0 Å². The van der Waals surface area contributed by atoms with Gasteiger partial charge in [-0.25, -0.2) is 0 Å². The maximum Gasteiger partial charge on any atom is 0.229 e. The van der Waals surface area contributed by atoms with E-state index in [0.29, 0.717) is 5.92 Å². The molecule has 3 N–H and O–H groups in total. The summed E-state index contributed by atoms with van der Waals surface area (Å²) in [5.41, 5.74) is 12.7. The first-order chi connectivity index (χ1) is 12.3. The fourth-order valence-corrected chi connectivity index (χ4v) is 4.77. The van der Waals surface area contributed by atoms with Crippen LogP contribution < -0.4 is 16.2 Å². The minimum Gasteiger partial charge on any atom is -0.326 e. The SMILES string of the molecule is O=C(Nc1ccc2c(c1)-c1ccccc1C2)C1CCCC2CNNC21. The minimum absolute atomic E-state index is 0.0503. The predicted octanol–water partition coefficient (Wildman–Crippen LogP) is 3.09. The zero-order valence-electron chi connectivity index (χ0n) is 14.2. The quantitative estimate of drug-likeness (QED) is 0.675. The van der Waals surface area contributed by atoms with Crippen molar-refractivity contribution in [2.24, 2.45) is 11.8 Å². The molecule has 1 amide bonds. The highest BCUT2D eigenvalue weighted by molar-refractivity contribution is 5.94. The van der Waals surface area contributed by atoms with Gasteiger partial charge in [0, 0.05) is 18.3 Å². The predicted molar refractivity (Wildman–Crippen MR) is 99.1 cm³/mol. The summed E-state index contributed by atoms with van der Waals surface area (Å²) < 4.78 is 0. The average molecular weight is 333 g/mol. The normalized spacial score (nSPS) is 26.6. The lowest BCUT2D eigenvalue weighted by atomic mass is 9.77. The largest absolute Gasteiger partial charge is 0.326 e. The Labute approximate surface area is 148 Å². The molecule has 128 valence electrons. The van der Waals surface area contributed by atoms with E-state index < -0.39 is 0 Å². The van der Waals surface area contributed by atoms with E-state index in [2.05, 4.69) is 52.6 Å². The number of nitrogens with one attached hydrogen (secondary N) is 3. The number of carbonyl (C=O) groups excluding carboxylic acids is 1.